The van der Waals surface area contributed by atoms with Gasteiger partial charge < -0.3 is 14.8 Å². The summed E-state index contributed by atoms with van der Waals surface area (Å²) in [5.74, 6) is 0.403. The summed E-state index contributed by atoms with van der Waals surface area (Å²) in [6, 6.07) is 13.5. The molecule has 8 nitrogen and oxygen atoms in total. The number of methoxy groups -OCH3 is 1. The standard InChI is InChI=1S/C20H23N5O3/c1-14-4-6-16(7-5-14)17-10-18(25-13-21-23-24-25)12-19(11-17)28-20(26)22-15(2)8-9-27-3/h4-7,10-13,15H,8-9H2,1-3H3,(H,22,26). The Morgan fingerprint density at radius 3 is 2.64 bits per heavy atom. The van der Waals surface area contributed by atoms with Gasteiger partial charge in [0.2, 0.25) is 0 Å². The molecule has 1 amide bonds. The lowest BCUT2D eigenvalue weighted by atomic mass is 10.0. The van der Waals surface area contributed by atoms with Crippen LogP contribution in [0, 0.1) is 6.92 Å². The molecule has 3 aromatic rings. The molecule has 0 aliphatic heterocycles. The molecule has 3 rings (SSSR count). The molecule has 0 saturated carbocycles. The molecule has 1 unspecified atom stereocenters. The van der Waals surface area contributed by atoms with Crippen LogP contribution in [-0.4, -0.2) is 46.1 Å². The van der Waals surface area contributed by atoms with Crippen molar-refractivity contribution in [2.45, 2.75) is 26.3 Å². The van der Waals surface area contributed by atoms with E-state index in [1.807, 2.05) is 50.2 Å². The second-order valence-electron chi connectivity index (χ2n) is 6.55. The van der Waals surface area contributed by atoms with Crippen molar-refractivity contribution >= 4 is 6.09 Å². The molecule has 0 aliphatic rings. The van der Waals surface area contributed by atoms with Gasteiger partial charge in [-0.15, -0.1) is 5.10 Å². The molecular formula is C20H23N5O3. The number of ether oxygens (including phenoxy) is 2. The van der Waals surface area contributed by atoms with Crippen LogP contribution < -0.4 is 10.1 Å². The van der Waals surface area contributed by atoms with Gasteiger partial charge in [0.05, 0.1) is 5.69 Å². The third kappa shape index (κ3) is 5.14. The van der Waals surface area contributed by atoms with Crippen LogP contribution in [0.5, 0.6) is 5.75 Å². The molecule has 1 N–H and O–H groups in total. The first kappa shape index (κ1) is 19.5. The van der Waals surface area contributed by atoms with E-state index < -0.39 is 6.09 Å². The fourth-order valence-corrected chi connectivity index (χ4v) is 2.67. The number of nitrogens with zero attached hydrogens (tertiary/aromatic N) is 4. The molecule has 0 saturated heterocycles. The van der Waals surface area contributed by atoms with E-state index in [1.165, 1.54) is 16.6 Å². The number of carbonyl (C=O) groups is 1. The molecule has 1 atom stereocenters. The zero-order valence-corrected chi connectivity index (χ0v) is 16.1. The van der Waals surface area contributed by atoms with Gasteiger partial charge in [-0.05, 0) is 54.0 Å². The third-order valence-corrected chi connectivity index (χ3v) is 4.22. The number of rotatable bonds is 7. The molecule has 0 spiro atoms. The average Bonchev–Trinajstić information content (AvgIpc) is 3.21. The van der Waals surface area contributed by atoms with Crippen LogP contribution in [0.3, 0.4) is 0 Å². The fraction of sp³-hybridized carbons (Fsp3) is 0.300. The average molecular weight is 381 g/mol. The summed E-state index contributed by atoms with van der Waals surface area (Å²) in [6.07, 6.45) is 1.67. The number of amides is 1. The Balaban J connectivity index is 1.85. The molecule has 28 heavy (non-hydrogen) atoms. The topological polar surface area (TPSA) is 91.2 Å². The Bertz CT molecular complexity index is 910. The van der Waals surface area contributed by atoms with Gasteiger partial charge in [0, 0.05) is 25.8 Å². The molecule has 0 radical (unpaired) electrons. The van der Waals surface area contributed by atoms with Gasteiger partial charge in [0.15, 0.2) is 0 Å². The lowest BCUT2D eigenvalue weighted by Crippen LogP contribution is -2.35. The van der Waals surface area contributed by atoms with Crippen LogP contribution in [0.2, 0.25) is 0 Å². The molecule has 146 valence electrons. The predicted molar refractivity (Wildman–Crippen MR) is 104 cm³/mol. The van der Waals surface area contributed by atoms with Crippen molar-refractivity contribution in [1.82, 2.24) is 25.5 Å². The highest BCUT2D eigenvalue weighted by Crippen LogP contribution is 2.28. The monoisotopic (exact) mass is 381 g/mol. The van der Waals surface area contributed by atoms with Crippen molar-refractivity contribution in [1.29, 1.82) is 0 Å². The minimum Gasteiger partial charge on any atom is -0.410 e. The summed E-state index contributed by atoms with van der Waals surface area (Å²) in [7, 11) is 1.63. The Morgan fingerprint density at radius 2 is 1.96 bits per heavy atom. The van der Waals surface area contributed by atoms with E-state index in [0.717, 1.165) is 11.1 Å². The summed E-state index contributed by atoms with van der Waals surface area (Å²) in [5, 5.41) is 14.1. The summed E-state index contributed by atoms with van der Waals surface area (Å²) >= 11 is 0. The number of aromatic nitrogens is 4. The van der Waals surface area contributed by atoms with E-state index in [1.54, 1.807) is 13.2 Å². The number of aryl methyl sites for hydroxylation is 1. The highest BCUT2D eigenvalue weighted by atomic mass is 16.6. The smallest absolute Gasteiger partial charge is 0.410 e. The first-order valence-electron chi connectivity index (χ1n) is 8.98. The minimum absolute atomic E-state index is 0.0632. The molecular weight excluding hydrogens is 358 g/mol. The van der Waals surface area contributed by atoms with Crippen LogP contribution in [0.15, 0.2) is 48.8 Å². The SMILES string of the molecule is COCCC(C)NC(=O)Oc1cc(-c2ccc(C)cc2)cc(-n2cnnn2)c1. The molecule has 0 aliphatic carbocycles. The Kier molecular flexibility index (Phi) is 6.33. The second kappa shape index (κ2) is 9.09. The van der Waals surface area contributed by atoms with Crippen LogP contribution in [0.4, 0.5) is 4.79 Å². The number of carbonyl (C=O) groups excluding carboxylic acids is 1. The first-order valence-corrected chi connectivity index (χ1v) is 8.98. The zero-order chi connectivity index (χ0) is 19.9. The van der Waals surface area contributed by atoms with Crippen molar-refractivity contribution in [3.05, 3.63) is 54.4 Å². The summed E-state index contributed by atoms with van der Waals surface area (Å²) in [6.45, 7) is 4.49. The number of benzene rings is 2. The van der Waals surface area contributed by atoms with Crippen LogP contribution >= 0.6 is 0 Å². The van der Waals surface area contributed by atoms with Gasteiger partial charge in [-0.3, -0.25) is 0 Å². The van der Waals surface area contributed by atoms with E-state index in [-0.39, 0.29) is 6.04 Å². The summed E-state index contributed by atoms with van der Waals surface area (Å²) < 4.78 is 12.1. The minimum atomic E-state index is -0.521. The maximum absolute atomic E-state index is 12.3. The number of tetrazole rings is 1. The second-order valence-corrected chi connectivity index (χ2v) is 6.55. The molecule has 2 aromatic carbocycles. The van der Waals surface area contributed by atoms with Gasteiger partial charge in [-0.1, -0.05) is 29.8 Å². The number of hydrogen-bond donors (Lipinski definition) is 1. The fourth-order valence-electron chi connectivity index (χ4n) is 2.67. The van der Waals surface area contributed by atoms with E-state index in [0.29, 0.717) is 24.5 Å². The molecule has 1 aromatic heterocycles. The third-order valence-electron chi connectivity index (χ3n) is 4.22. The van der Waals surface area contributed by atoms with Gasteiger partial charge in [0.25, 0.3) is 0 Å². The van der Waals surface area contributed by atoms with Crippen LogP contribution in [0.1, 0.15) is 18.9 Å². The van der Waals surface area contributed by atoms with Crippen LogP contribution in [0.25, 0.3) is 16.8 Å². The molecule has 0 fully saturated rings. The van der Waals surface area contributed by atoms with E-state index >= 15 is 0 Å². The summed E-state index contributed by atoms with van der Waals surface area (Å²) in [4.78, 5) is 12.3. The first-order chi connectivity index (χ1) is 13.5. The Labute approximate surface area is 163 Å². The highest BCUT2D eigenvalue weighted by molar-refractivity contribution is 5.74. The number of nitrogens with one attached hydrogen (secondary N) is 1. The lowest BCUT2D eigenvalue weighted by molar-refractivity contribution is 0.175. The molecule has 1 heterocycles. The van der Waals surface area contributed by atoms with Gasteiger partial charge >= 0.3 is 6.09 Å². The van der Waals surface area contributed by atoms with Crippen molar-refractivity contribution in [3.63, 3.8) is 0 Å². The van der Waals surface area contributed by atoms with E-state index in [2.05, 4.69) is 20.8 Å². The van der Waals surface area contributed by atoms with Crippen molar-refractivity contribution < 1.29 is 14.3 Å². The van der Waals surface area contributed by atoms with Gasteiger partial charge in [0.1, 0.15) is 12.1 Å². The Morgan fingerprint density at radius 1 is 1.18 bits per heavy atom. The maximum Gasteiger partial charge on any atom is 0.412 e. The Hall–Kier alpha value is -3.26. The van der Waals surface area contributed by atoms with E-state index in [9.17, 15) is 4.79 Å². The zero-order valence-electron chi connectivity index (χ0n) is 16.1. The van der Waals surface area contributed by atoms with Crippen molar-refractivity contribution in [2.75, 3.05) is 13.7 Å². The van der Waals surface area contributed by atoms with Gasteiger partial charge in [-0.2, -0.15) is 0 Å². The van der Waals surface area contributed by atoms with E-state index in [4.69, 9.17) is 9.47 Å². The summed E-state index contributed by atoms with van der Waals surface area (Å²) in [5.41, 5.74) is 3.75. The van der Waals surface area contributed by atoms with Crippen molar-refractivity contribution in [2.24, 2.45) is 0 Å². The highest BCUT2D eigenvalue weighted by Gasteiger charge is 2.12. The lowest BCUT2D eigenvalue weighted by Gasteiger charge is -2.14. The van der Waals surface area contributed by atoms with Crippen LogP contribution in [-0.2, 0) is 4.74 Å². The van der Waals surface area contributed by atoms with Gasteiger partial charge in [-0.25, -0.2) is 9.48 Å². The molecule has 8 heteroatoms. The largest absolute Gasteiger partial charge is 0.412 e. The molecule has 0 bridgehead atoms. The quantitative estimate of drug-likeness (QED) is 0.676. The predicted octanol–water partition coefficient (Wildman–Crippen LogP) is 3.15. The normalized spacial score (nSPS) is 11.8. The van der Waals surface area contributed by atoms with Crippen molar-refractivity contribution in [3.8, 4) is 22.6 Å². The maximum atomic E-state index is 12.3. The number of hydrogen-bond acceptors (Lipinski definition) is 6.